The first-order valence-corrected chi connectivity index (χ1v) is 7.25. The number of benzene rings is 2. The number of carbonyl (C=O) groups excluding carboxylic acids is 3. The summed E-state index contributed by atoms with van der Waals surface area (Å²) in [6.07, 6.45) is 0.612. The number of para-hydroxylation sites is 2. The second-order valence-electron chi connectivity index (χ2n) is 4.81. The van der Waals surface area contributed by atoms with Gasteiger partial charge in [0.1, 0.15) is 11.8 Å². The Kier molecular flexibility index (Phi) is 6.25. The van der Waals surface area contributed by atoms with Crippen molar-refractivity contribution in [2.75, 3.05) is 18.5 Å². The Hall–Kier alpha value is -3.66. The molecule has 1 N–H and O–H groups in total. The van der Waals surface area contributed by atoms with Gasteiger partial charge in [-0.2, -0.15) is 5.26 Å². The lowest BCUT2D eigenvalue weighted by Gasteiger charge is -2.09. The van der Waals surface area contributed by atoms with E-state index in [1.165, 1.54) is 0 Å². The van der Waals surface area contributed by atoms with Gasteiger partial charge in [-0.3, -0.25) is 9.59 Å². The minimum Gasteiger partial charge on any atom is -0.481 e. The molecular weight excluding hydrogens is 324 g/mol. The van der Waals surface area contributed by atoms with Crippen LogP contribution in [0, 0.1) is 11.3 Å². The van der Waals surface area contributed by atoms with Gasteiger partial charge in [-0.15, -0.1) is 0 Å². The normalized spacial score (nSPS) is 9.56. The Morgan fingerprint density at radius 2 is 1.80 bits per heavy atom. The van der Waals surface area contributed by atoms with Crippen LogP contribution in [-0.2, 0) is 14.3 Å². The molecule has 0 aliphatic heterocycles. The molecule has 0 saturated carbocycles. The Morgan fingerprint density at radius 3 is 2.56 bits per heavy atom. The van der Waals surface area contributed by atoms with Crippen molar-refractivity contribution >= 4 is 23.9 Å². The van der Waals surface area contributed by atoms with Gasteiger partial charge in [0.25, 0.3) is 5.91 Å². The van der Waals surface area contributed by atoms with E-state index in [1.807, 2.05) is 6.07 Å². The van der Waals surface area contributed by atoms with E-state index in [1.54, 1.807) is 48.5 Å². The van der Waals surface area contributed by atoms with E-state index in [4.69, 9.17) is 14.7 Å². The number of esters is 1. The molecule has 2 aromatic rings. The van der Waals surface area contributed by atoms with Crippen LogP contribution in [0.5, 0.6) is 5.75 Å². The van der Waals surface area contributed by atoms with Crippen LogP contribution in [0.4, 0.5) is 5.69 Å². The third-order valence-electron chi connectivity index (χ3n) is 3.08. The fourth-order valence-electron chi connectivity index (χ4n) is 1.91. The highest BCUT2D eigenvalue weighted by atomic mass is 16.6. The molecule has 0 aliphatic rings. The zero-order valence-corrected chi connectivity index (χ0v) is 13.1. The maximum atomic E-state index is 11.8. The summed E-state index contributed by atoms with van der Waals surface area (Å²) in [6, 6.07) is 14.8. The van der Waals surface area contributed by atoms with Crippen molar-refractivity contribution in [2.24, 2.45) is 0 Å². The van der Waals surface area contributed by atoms with Gasteiger partial charge < -0.3 is 14.8 Å². The van der Waals surface area contributed by atoms with Gasteiger partial charge in [0.2, 0.25) is 0 Å². The zero-order valence-electron chi connectivity index (χ0n) is 13.1. The Labute approximate surface area is 143 Å². The number of nitrogens with zero attached hydrogens (tertiary/aromatic N) is 1. The highest BCUT2D eigenvalue weighted by Gasteiger charge is 2.11. The van der Waals surface area contributed by atoms with Crippen molar-refractivity contribution in [1.29, 1.82) is 5.26 Å². The molecule has 126 valence electrons. The van der Waals surface area contributed by atoms with Crippen LogP contribution in [0.3, 0.4) is 0 Å². The zero-order chi connectivity index (χ0) is 18.1. The van der Waals surface area contributed by atoms with Gasteiger partial charge in [0.15, 0.2) is 19.5 Å². The van der Waals surface area contributed by atoms with E-state index in [0.29, 0.717) is 23.1 Å². The monoisotopic (exact) mass is 338 g/mol. The number of nitriles is 1. The first-order valence-electron chi connectivity index (χ1n) is 7.25. The fourth-order valence-corrected chi connectivity index (χ4v) is 1.91. The van der Waals surface area contributed by atoms with Crippen molar-refractivity contribution in [2.45, 2.75) is 0 Å². The number of aldehydes is 1. The maximum absolute atomic E-state index is 11.8. The minimum atomic E-state index is -0.760. The minimum absolute atomic E-state index is 0.252. The van der Waals surface area contributed by atoms with E-state index in [9.17, 15) is 14.4 Å². The third-order valence-corrected chi connectivity index (χ3v) is 3.08. The quantitative estimate of drug-likeness (QED) is 0.611. The maximum Gasteiger partial charge on any atom is 0.344 e. The highest BCUT2D eigenvalue weighted by molar-refractivity contribution is 5.94. The Morgan fingerprint density at radius 1 is 1.08 bits per heavy atom. The van der Waals surface area contributed by atoms with Gasteiger partial charge in [0, 0.05) is 0 Å². The first-order chi connectivity index (χ1) is 12.1. The highest BCUT2D eigenvalue weighted by Crippen LogP contribution is 2.15. The Bertz CT molecular complexity index is 826. The van der Waals surface area contributed by atoms with E-state index in [-0.39, 0.29) is 5.75 Å². The topological polar surface area (TPSA) is 105 Å². The van der Waals surface area contributed by atoms with Crippen LogP contribution in [0.1, 0.15) is 15.9 Å². The largest absolute Gasteiger partial charge is 0.481 e. The molecule has 7 heteroatoms. The molecular formula is C18H14N2O5. The van der Waals surface area contributed by atoms with Crippen molar-refractivity contribution in [3.8, 4) is 11.8 Å². The average Bonchev–Trinajstić information content (AvgIpc) is 2.65. The van der Waals surface area contributed by atoms with Crippen LogP contribution in [-0.4, -0.2) is 31.4 Å². The summed E-state index contributed by atoms with van der Waals surface area (Å²) in [5.74, 6) is -1.09. The lowest BCUT2D eigenvalue weighted by atomic mass is 10.2. The molecule has 0 aliphatic carbocycles. The number of rotatable bonds is 7. The summed E-state index contributed by atoms with van der Waals surface area (Å²) in [4.78, 5) is 34.2. The number of carbonyl (C=O) groups is 3. The van der Waals surface area contributed by atoms with Crippen LogP contribution in [0.15, 0.2) is 48.5 Å². The summed E-state index contributed by atoms with van der Waals surface area (Å²) < 4.78 is 9.99. The van der Waals surface area contributed by atoms with Gasteiger partial charge in [-0.1, -0.05) is 24.3 Å². The summed E-state index contributed by atoms with van der Waals surface area (Å²) in [5, 5.41) is 11.4. The summed E-state index contributed by atoms with van der Waals surface area (Å²) in [5.41, 5.74) is 0.944. The Balaban J connectivity index is 1.81. The van der Waals surface area contributed by atoms with E-state index >= 15 is 0 Å². The summed E-state index contributed by atoms with van der Waals surface area (Å²) in [7, 11) is 0. The van der Waals surface area contributed by atoms with Crippen molar-refractivity contribution in [1.82, 2.24) is 0 Å². The molecule has 1 amide bonds. The number of hydrogen-bond donors (Lipinski definition) is 1. The number of ether oxygens (including phenoxy) is 2. The van der Waals surface area contributed by atoms with Gasteiger partial charge >= 0.3 is 5.97 Å². The van der Waals surface area contributed by atoms with E-state index in [2.05, 4.69) is 5.32 Å². The van der Waals surface area contributed by atoms with Crippen LogP contribution in [0.2, 0.25) is 0 Å². The summed E-state index contributed by atoms with van der Waals surface area (Å²) in [6.45, 7) is -0.954. The first kappa shape index (κ1) is 17.7. The second-order valence-corrected chi connectivity index (χ2v) is 4.81. The molecule has 7 nitrogen and oxygen atoms in total. The molecule has 0 radical (unpaired) electrons. The van der Waals surface area contributed by atoms with Gasteiger partial charge in [-0.05, 0) is 24.3 Å². The van der Waals surface area contributed by atoms with Crippen molar-refractivity contribution < 1.29 is 23.9 Å². The third kappa shape index (κ3) is 5.18. The van der Waals surface area contributed by atoms with Crippen molar-refractivity contribution in [3.05, 3.63) is 59.7 Å². The number of hydrogen-bond acceptors (Lipinski definition) is 6. The summed E-state index contributed by atoms with van der Waals surface area (Å²) >= 11 is 0. The van der Waals surface area contributed by atoms with Crippen LogP contribution in [0.25, 0.3) is 0 Å². The molecule has 0 fully saturated rings. The lowest BCUT2D eigenvalue weighted by molar-refractivity contribution is -0.149. The fraction of sp³-hybridized carbons (Fsp3) is 0.111. The average molecular weight is 338 g/mol. The predicted octanol–water partition coefficient (Wildman–Crippen LogP) is 1.93. The number of amides is 1. The van der Waals surface area contributed by atoms with Crippen LogP contribution < -0.4 is 10.1 Å². The molecule has 0 bridgehead atoms. The van der Waals surface area contributed by atoms with Crippen LogP contribution >= 0.6 is 0 Å². The lowest BCUT2D eigenvalue weighted by Crippen LogP contribution is -2.24. The van der Waals surface area contributed by atoms with E-state index in [0.717, 1.165) is 0 Å². The molecule has 2 rings (SSSR count). The molecule has 0 spiro atoms. The standard InChI is InChI=1S/C18H14N2O5/c19-9-13-5-1-3-7-15(13)20-17(22)11-25-18(23)12-24-16-8-4-2-6-14(16)10-21/h1-8,10H,11-12H2,(H,20,22). The predicted molar refractivity (Wildman–Crippen MR) is 88.1 cm³/mol. The molecule has 0 aromatic heterocycles. The SMILES string of the molecule is N#Cc1ccccc1NC(=O)COC(=O)COc1ccccc1C=O. The molecule has 0 unspecified atom stereocenters. The molecule has 2 aromatic carbocycles. The second kappa shape index (κ2) is 8.84. The smallest absolute Gasteiger partial charge is 0.344 e. The van der Waals surface area contributed by atoms with Crippen molar-refractivity contribution in [3.63, 3.8) is 0 Å². The van der Waals surface area contributed by atoms with Gasteiger partial charge in [0.05, 0.1) is 16.8 Å². The van der Waals surface area contributed by atoms with E-state index < -0.39 is 25.1 Å². The number of anilines is 1. The molecule has 0 saturated heterocycles. The molecule has 25 heavy (non-hydrogen) atoms. The van der Waals surface area contributed by atoms with Gasteiger partial charge in [-0.25, -0.2) is 4.79 Å². The molecule has 0 heterocycles. The molecule has 0 atom stereocenters. The number of nitrogens with one attached hydrogen (secondary N) is 1.